The van der Waals surface area contributed by atoms with Crippen LogP contribution in [-0.4, -0.2) is 11.5 Å². The summed E-state index contributed by atoms with van der Waals surface area (Å²) in [4.78, 5) is 4.65. The van der Waals surface area contributed by atoms with Crippen molar-refractivity contribution in [3.8, 4) is 10.6 Å². The number of hydrogen-bond donors (Lipinski definition) is 1. The zero-order valence-corrected chi connectivity index (χ0v) is 11.1. The van der Waals surface area contributed by atoms with Gasteiger partial charge >= 0.3 is 0 Å². The number of nitrogens with zero attached hydrogens (tertiary/aromatic N) is 1. The lowest BCUT2D eigenvalue weighted by atomic mass is 10.1. The summed E-state index contributed by atoms with van der Waals surface area (Å²) in [5.41, 5.74) is 3.07. The average molecular weight is 262 g/mol. The Bertz CT molecular complexity index is 559. The van der Waals surface area contributed by atoms with Crippen molar-refractivity contribution < 1.29 is 4.39 Å². The van der Waals surface area contributed by atoms with Crippen LogP contribution in [0.2, 0.25) is 0 Å². The molecule has 0 unspecified atom stereocenters. The minimum atomic E-state index is -0.202. The molecule has 1 saturated heterocycles. The SMILES string of the molecule is Cc1ccc(F)cc1-c1nc([C@@H]2CCCN2)cs1. The van der Waals surface area contributed by atoms with Crippen molar-refractivity contribution >= 4 is 11.3 Å². The van der Waals surface area contributed by atoms with Crippen LogP contribution in [0.4, 0.5) is 4.39 Å². The molecule has 1 atom stereocenters. The molecule has 0 aliphatic carbocycles. The summed E-state index contributed by atoms with van der Waals surface area (Å²) >= 11 is 1.59. The minimum absolute atomic E-state index is 0.202. The molecule has 1 aliphatic heterocycles. The van der Waals surface area contributed by atoms with Crippen molar-refractivity contribution in [2.45, 2.75) is 25.8 Å². The van der Waals surface area contributed by atoms with Crippen molar-refractivity contribution in [2.75, 3.05) is 6.54 Å². The third-order valence-corrected chi connectivity index (χ3v) is 4.26. The topological polar surface area (TPSA) is 24.9 Å². The van der Waals surface area contributed by atoms with Crippen LogP contribution in [0.25, 0.3) is 10.6 Å². The van der Waals surface area contributed by atoms with Crippen molar-refractivity contribution in [3.63, 3.8) is 0 Å². The van der Waals surface area contributed by atoms with Gasteiger partial charge in [-0.05, 0) is 44.0 Å². The highest BCUT2D eigenvalue weighted by atomic mass is 32.1. The Morgan fingerprint density at radius 3 is 3.11 bits per heavy atom. The lowest BCUT2D eigenvalue weighted by Crippen LogP contribution is -2.12. The second-order valence-electron chi connectivity index (χ2n) is 4.69. The van der Waals surface area contributed by atoms with Gasteiger partial charge in [0.2, 0.25) is 0 Å². The standard InChI is InChI=1S/C14H15FN2S/c1-9-4-5-10(15)7-11(9)14-17-13(8-18-14)12-3-2-6-16-12/h4-5,7-8,12,16H,2-3,6H2,1H3/t12-/m0/s1. The Labute approximate surface area is 110 Å². The average Bonchev–Trinajstić information content (AvgIpc) is 3.00. The number of benzene rings is 1. The highest BCUT2D eigenvalue weighted by Gasteiger charge is 2.19. The molecule has 4 heteroatoms. The second kappa shape index (κ2) is 4.78. The molecule has 0 radical (unpaired) electrons. The van der Waals surface area contributed by atoms with E-state index in [1.165, 1.54) is 12.5 Å². The van der Waals surface area contributed by atoms with E-state index >= 15 is 0 Å². The molecule has 2 heterocycles. The smallest absolute Gasteiger partial charge is 0.124 e. The van der Waals surface area contributed by atoms with E-state index < -0.39 is 0 Å². The van der Waals surface area contributed by atoms with Gasteiger partial charge in [-0.1, -0.05) is 6.07 Å². The number of rotatable bonds is 2. The molecule has 3 rings (SSSR count). The number of aromatic nitrogens is 1. The normalized spacial score (nSPS) is 19.3. The summed E-state index contributed by atoms with van der Waals surface area (Å²) in [7, 11) is 0. The van der Waals surface area contributed by atoms with E-state index in [1.807, 2.05) is 6.92 Å². The van der Waals surface area contributed by atoms with E-state index in [0.29, 0.717) is 6.04 Å². The van der Waals surface area contributed by atoms with Crippen molar-refractivity contribution in [3.05, 3.63) is 40.7 Å². The third kappa shape index (κ3) is 2.18. The highest BCUT2D eigenvalue weighted by molar-refractivity contribution is 7.13. The van der Waals surface area contributed by atoms with Crippen LogP contribution in [0.15, 0.2) is 23.6 Å². The van der Waals surface area contributed by atoms with Gasteiger partial charge in [0.05, 0.1) is 11.7 Å². The molecule has 2 aromatic rings. The maximum absolute atomic E-state index is 13.3. The fourth-order valence-corrected chi connectivity index (χ4v) is 3.29. The summed E-state index contributed by atoms with van der Waals surface area (Å²) in [6.45, 7) is 3.06. The van der Waals surface area contributed by atoms with Gasteiger partial charge < -0.3 is 5.32 Å². The van der Waals surface area contributed by atoms with E-state index in [-0.39, 0.29) is 5.82 Å². The first kappa shape index (κ1) is 11.8. The van der Waals surface area contributed by atoms with Crippen molar-refractivity contribution in [1.82, 2.24) is 10.3 Å². The molecule has 0 amide bonds. The van der Waals surface area contributed by atoms with Gasteiger partial charge in [0, 0.05) is 10.9 Å². The molecule has 0 bridgehead atoms. The first-order valence-electron chi connectivity index (χ1n) is 6.19. The minimum Gasteiger partial charge on any atom is -0.309 e. The number of aryl methyl sites for hydroxylation is 1. The van der Waals surface area contributed by atoms with Gasteiger partial charge in [-0.2, -0.15) is 0 Å². The monoisotopic (exact) mass is 262 g/mol. The van der Waals surface area contributed by atoms with Crippen LogP contribution >= 0.6 is 11.3 Å². The molecule has 94 valence electrons. The maximum atomic E-state index is 13.3. The molecule has 2 nitrogen and oxygen atoms in total. The summed E-state index contributed by atoms with van der Waals surface area (Å²) in [6, 6.07) is 5.25. The molecule has 0 spiro atoms. The van der Waals surface area contributed by atoms with Crippen LogP contribution in [-0.2, 0) is 0 Å². The molecule has 18 heavy (non-hydrogen) atoms. The number of hydrogen-bond acceptors (Lipinski definition) is 3. The van der Waals surface area contributed by atoms with Crippen molar-refractivity contribution in [1.29, 1.82) is 0 Å². The third-order valence-electron chi connectivity index (χ3n) is 3.37. The number of thiazole rings is 1. The van der Waals surface area contributed by atoms with E-state index in [0.717, 1.165) is 34.8 Å². The first-order chi connectivity index (χ1) is 8.74. The molecule has 1 fully saturated rings. The summed E-state index contributed by atoms with van der Waals surface area (Å²) in [5, 5.41) is 6.43. The van der Waals surface area contributed by atoms with Gasteiger partial charge in [0.15, 0.2) is 0 Å². The van der Waals surface area contributed by atoms with Crippen LogP contribution in [0.5, 0.6) is 0 Å². The second-order valence-corrected chi connectivity index (χ2v) is 5.54. The molecule has 1 aromatic carbocycles. The van der Waals surface area contributed by atoms with Crippen LogP contribution in [0, 0.1) is 12.7 Å². The van der Waals surface area contributed by atoms with Gasteiger partial charge in [0.25, 0.3) is 0 Å². The van der Waals surface area contributed by atoms with Crippen LogP contribution in [0.3, 0.4) is 0 Å². The quantitative estimate of drug-likeness (QED) is 0.893. The Hall–Kier alpha value is -1.26. The summed E-state index contributed by atoms with van der Waals surface area (Å²) in [6.07, 6.45) is 2.35. The Balaban J connectivity index is 1.94. The highest BCUT2D eigenvalue weighted by Crippen LogP contribution is 2.31. The maximum Gasteiger partial charge on any atom is 0.124 e. The van der Waals surface area contributed by atoms with Crippen LogP contribution < -0.4 is 5.32 Å². The van der Waals surface area contributed by atoms with E-state index in [4.69, 9.17) is 0 Å². The van der Waals surface area contributed by atoms with Gasteiger partial charge in [-0.15, -0.1) is 11.3 Å². The Morgan fingerprint density at radius 1 is 1.44 bits per heavy atom. The predicted octanol–water partition coefficient (Wildman–Crippen LogP) is 3.68. The largest absolute Gasteiger partial charge is 0.309 e. The fourth-order valence-electron chi connectivity index (χ4n) is 2.33. The fraction of sp³-hybridized carbons (Fsp3) is 0.357. The molecule has 1 aliphatic rings. The summed E-state index contributed by atoms with van der Waals surface area (Å²) < 4.78 is 13.3. The molecular weight excluding hydrogens is 247 g/mol. The predicted molar refractivity (Wildman–Crippen MR) is 72.2 cm³/mol. The zero-order valence-electron chi connectivity index (χ0n) is 10.2. The lowest BCUT2D eigenvalue weighted by Gasteiger charge is -2.05. The van der Waals surface area contributed by atoms with Gasteiger partial charge in [-0.25, -0.2) is 9.37 Å². The lowest BCUT2D eigenvalue weighted by molar-refractivity contribution is 0.627. The summed E-state index contributed by atoms with van der Waals surface area (Å²) in [5.74, 6) is -0.202. The molecular formula is C14H15FN2S. The number of halogens is 1. The van der Waals surface area contributed by atoms with E-state index in [2.05, 4.69) is 15.7 Å². The molecule has 0 saturated carbocycles. The molecule has 1 N–H and O–H groups in total. The van der Waals surface area contributed by atoms with Crippen molar-refractivity contribution in [2.24, 2.45) is 0 Å². The first-order valence-corrected chi connectivity index (χ1v) is 7.07. The Kier molecular flexibility index (Phi) is 3.14. The van der Waals surface area contributed by atoms with E-state index in [9.17, 15) is 4.39 Å². The molecule has 1 aromatic heterocycles. The zero-order chi connectivity index (χ0) is 12.5. The number of nitrogens with one attached hydrogen (secondary N) is 1. The van der Waals surface area contributed by atoms with Gasteiger partial charge in [-0.3, -0.25) is 0 Å². The van der Waals surface area contributed by atoms with Gasteiger partial charge in [0.1, 0.15) is 10.8 Å². The van der Waals surface area contributed by atoms with Crippen LogP contribution in [0.1, 0.15) is 30.1 Å². The Morgan fingerprint density at radius 2 is 2.33 bits per heavy atom. The van der Waals surface area contributed by atoms with E-state index in [1.54, 1.807) is 23.5 Å².